The Morgan fingerprint density at radius 2 is 1.86 bits per heavy atom. The van der Waals surface area contributed by atoms with Crippen LogP contribution in [0.1, 0.15) is 17.2 Å². The Kier molecular flexibility index (Phi) is 5.19. The number of hydrogen-bond acceptors (Lipinski definition) is 3. The summed E-state index contributed by atoms with van der Waals surface area (Å²) < 4.78 is 0. The minimum Gasteiger partial charge on any atom is -0.297 e. The first-order chi connectivity index (χ1) is 10.8. The highest BCUT2D eigenvalue weighted by Crippen LogP contribution is 2.25. The number of benzene rings is 2. The number of thioether (sulfide) groups is 1. The molecule has 1 heterocycles. The van der Waals surface area contributed by atoms with E-state index in [0.29, 0.717) is 6.04 Å². The van der Waals surface area contributed by atoms with E-state index in [4.69, 9.17) is 0 Å². The molecule has 22 heavy (non-hydrogen) atoms. The van der Waals surface area contributed by atoms with E-state index < -0.39 is 0 Å². The normalized spacial score (nSPS) is 20.2. The summed E-state index contributed by atoms with van der Waals surface area (Å²) in [7, 11) is 2.24. The maximum Gasteiger partial charge on any atom is 0.0472 e. The van der Waals surface area contributed by atoms with Crippen LogP contribution in [0.15, 0.2) is 59.5 Å². The van der Waals surface area contributed by atoms with Crippen molar-refractivity contribution < 1.29 is 0 Å². The zero-order chi connectivity index (χ0) is 15.4. The van der Waals surface area contributed by atoms with Crippen LogP contribution in [0.3, 0.4) is 0 Å². The average molecular weight is 312 g/mol. The minimum atomic E-state index is 0.499. The summed E-state index contributed by atoms with van der Waals surface area (Å²) in [5, 5.41) is 0. The molecule has 0 spiro atoms. The van der Waals surface area contributed by atoms with E-state index in [-0.39, 0.29) is 0 Å². The van der Waals surface area contributed by atoms with Gasteiger partial charge in [0.2, 0.25) is 0 Å². The molecule has 0 N–H and O–H groups in total. The van der Waals surface area contributed by atoms with Gasteiger partial charge in [0.15, 0.2) is 0 Å². The Labute approximate surface area is 138 Å². The van der Waals surface area contributed by atoms with Crippen LogP contribution in [0.5, 0.6) is 0 Å². The van der Waals surface area contributed by atoms with Crippen LogP contribution in [-0.2, 0) is 6.54 Å². The average Bonchev–Trinajstić information content (AvgIpc) is 2.57. The maximum absolute atomic E-state index is 2.58. The largest absolute Gasteiger partial charge is 0.297 e. The van der Waals surface area contributed by atoms with Crippen molar-refractivity contribution in [3.8, 4) is 0 Å². The summed E-state index contributed by atoms with van der Waals surface area (Å²) in [5.41, 5.74) is 2.84. The van der Waals surface area contributed by atoms with Gasteiger partial charge in [0, 0.05) is 37.1 Å². The molecule has 2 aromatic rings. The molecule has 1 aliphatic heterocycles. The zero-order valence-corrected chi connectivity index (χ0v) is 14.2. The third kappa shape index (κ3) is 3.72. The Morgan fingerprint density at radius 1 is 1.05 bits per heavy atom. The van der Waals surface area contributed by atoms with Gasteiger partial charge in [0.05, 0.1) is 0 Å². The fraction of sp³-hybridized carbons (Fsp3) is 0.368. The monoisotopic (exact) mass is 312 g/mol. The topological polar surface area (TPSA) is 6.48 Å². The minimum absolute atomic E-state index is 0.499. The predicted molar refractivity (Wildman–Crippen MR) is 95.3 cm³/mol. The lowest BCUT2D eigenvalue weighted by Gasteiger charge is -2.39. The van der Waals surface area contributed by atoms with Crippen molar-refractivity contribution in [1.29, 1.82) is 0 Å². The molecule has 0 aliphatic carbocycles. The quantitative estimate of drug-likeness (QED) is 0.791. The molecule has 0 saturated carbocycles. The number of likely N-dealkylation sites (N-methyl/N-ethyl adjacent to an activating group) is 1. The first-order valence-electron chi connectivity index (χ1n) is 7.87. The van der Waals surface area contributed by atoms with E-state index in [1.54, 1.807) is 0 Å². The predicted octanol–water partition coefficient (Wildman–Crippen LogP) is 3.90. The molecule has 0 bridgehead atoms. The van der Waals surface area contributed by atoms with Crippen LogP contribution in [0.2, 0.25) is 0 Å². The van der Waals surface area contributed by atoms with Gasteiger partial charge in [-0.1, -0.05) is 42.5 Å². The lowest BCUT2D eigenvalue weighted by Crippen LogP contribution is -2.46. The van der Waals surface area contributed by atoms with Crippen molar-refractivity contribution in [3.05, 3.63) is 65.7 Å². The van der Waals surface area contributed by atoms with Gasteiger partial charge in [0.1, 0.15) is 0 Å². The third-order valence-corrected chi connectivity index (χ3v) is 5.18. The molecule has 1 saturated heterocycles. The number of piperazine rings is 1. The highest BCUT2D eigenvalue weighted by Gasteiger charge is 2.25. The molecule has 3 rings (SSSR count). The second-order valence-corrected chi connectivity index (χ2v) is 6.87. The van der Waals surface area contributed by atoms with Crippen molar-refractivity contribution in [2.45, 2.75) is 17.5 Å². The van der Waals surface area contributed by atoms with Gasteiger partial charge in [-0.25, -0.2) is 0 Å². The molecule has 2 aromatic carbocycles. The van der Waals surface area contributed by atoms with E-state index in [2.05, 4.69) is 77.7 Å². The summed E-state index contributed by atoms with van der Waals surface area (Å²) in [6.45, 7) is 4.42. The summed E-state index contributed by atoms with van der Waals surface area (Å²) in [5.74, 6) is 0. The molecule has 1 atom stereocenters. The van der Waals surface area contributed by atoms with Crippen molar-refractivity contribution >= 4 is 11.8 Å². The Morgan fingerprint density at radius 3 is 2.64 bits per heavy atom. The fourth-order valence-electron chi connectivity index (χ4n) is 3.14. The molecule has 0 aromatic heterocycles. The van der Waals surface area contributed by atoms with Gasteiger partial charge in [-0.3, -0.25) is 9.80 Å². The molecule has 0 radical (unpaired) electrons. The maximum atomic E-state index is 2.58. The molecular weight excluding hydrogens is 288 g/mol. The summed E-state index contributed by atoms with van der Waals surface area (Å²) in [6, 6.07) is 20.3. The first kappa shape index (κ1) is 15.6. The lowest BCUT2D eigenvalue weighted by molar-refractivity contribution is 0.0904. The number of rotatable bonds is 4. The SMILES string of the molecule is CSc1cccc(CN2CCN(C)[C@H](c3ccccc3)C2)c1. The number of nitrogens with zero attached hydrogens (tertiary/aromatic N) is 2. The van der Waals surface area contributed by atoms with Crippen molar-refractivity contribution in [2.24, 2.45) is 0 Å². The zero-order valence-electron chi connectivity index (χ0n) is 13.4. The van der Waals surface area contributed by atoms with Crippen molar-refractivity contribution in [2.75, 3.05) is 32.9 Å². The smallest absolute Gasteiger partial charge is 0.0472 e. The summed E-state index contributed by atoms with van der Waals surface area (Å²) in [4.78, 5) is 6.41. The molecule has 0 unspecified atom stereocenters. The molecular formula is C19H24N2S. The van der Waals surface area contributed by atoms with Gasteiger partial charge < -0.3 is 0 Å². The van der Waals surface area contributed by atoms with E-state index in [1.165, 1.54) is 16.0 Å². The number of hydrogen-bond donors (Lipinski definition) is 0. The van der Waals surface area contributed by atoms with Gasteiger partial charge in [-0.15, -0.1) is 11.8 Å². The van der Waals surface area contributed by atoms with Gasteiger partial charge in [-0.2, -0.15) is 0 Å². The van der Waals surface area contributed by atoms with Crippen molar-refractivity contribution in [1.82, 2.24) is 9.80 Å². The van der Waals surface area contributed by atoms with Crippen LogP contribution < -0.4 is 0 Å². The Balaban J connectivity index is 1.70. The molecule has 1 fully saturated rings. The summed E-state index contributed by atoms with van der Waals surface area (Å²) in [6.07, 6.45) is 2.14. The van der Waals surface area contributed by atoms with Gasteiger partial charge in [0.25, 0.3) is 0 Å². The highest BCUT2D eigenvalue weighted by atomic mass is 32.2. The third-order valence-electron chi connectivity index (χ3n) is 4.46. The van der Waals surface area contributed by atoms with Crippen LogP contribution in [-0.4, -0.2) is 42.7 Å². The molecule has 1 aliphatic rings. The highest BCUT2D eigenvalue weighted by molar-refractivity contribution is 7.98. The van der Waals surface area contributed by atoms with Crippen molar-refractivity contribution in [3.63, 3.8) is 0 Å². The molecule has 2 nitrogen and oxygen atoms in total. The molecule has 3 heteroatoms. The van der Waals surface area contributed by atoms with Crippen LogP contribution in [0.25, 0.3) is 0 Å². The summed E-state index contributed by atoms with van der Waals surface area (Å²) >= 11 is 1.82. The lowest BCUT2D eigenvalue weighted by atomic mass is 10.0. The van der Waals surface area contributed by atoms with Crippen LogP contribution in [0.4, 0.5) is 0 Å². The van der Waals surface area contributed by atoms with E-state index in [1.807, 2.05) is 11.8 Å². The van der Waals surface area contributed by atoms with E-state index in [9.17, 15) is 0 Å². The van der Waals surface area contributed by atoms with Crippen LogP contribution >= 0.6 is 11.8 Å². The van der Waals surface area contributed by atoms with E-state index >= 15 is 0 Å². The van der Waals surface area contributed by atoms with Crippen LogP contribution in [0, 0.1) is 0 Å². The second kappa shape index (κ2) is 7.32. The standard InChI is InChI=1S/C19H24N2S/c1-20-11-12-21(14-16-7-6-10-18(13-16)22-2)15-19(20)17-8-4-3-5-9-17/h3-10,13,19H,11-12,14-15H2,1-2H3/t19-/m0/s1. The van der Waals surface area contributed by atoms with Gasteiger partial charge in [-0.05, 0) is 36.6 Å². The Hall–Kier alpha value is -1.29. The fourth-order valence-corrected chi connectivity index (χ4v) is 3.62. The second-order valence-electron chi connectivity index (χ2n) is 5.99. The van der Waals surface area contributed by atoms with E-state index in [0.717, 1.165) is 26.2 Å². The van der Waals surface area contributed by atoms with Gasteiger partial charge >= 0.3 is 0 Å². The molecule has 0 amide bonds. The molecule has 116 valence electrons. The first-order valence-corrected chi connectivity index (χ1v) is 9.09. The Bertz CT molecular complexity index is 599.